The highest BCUT2D eigenvalue weighted by Gasteiger charge is 2.48. The Morgan fingerprint density at radius 3 is 2.75 bits per heavy atom. The SMILES string of the molecule is O=C(N[C@H]1CO[C@H]2[C@@H]1OC[C@@H]2Nc1nccc(-c2cccs2)n1)c1ccc2c(c1)OCO2. The van der Waals surface area contributed by atoms with E-state index in [9.17, 15) is 4.79 Å². The van der Waals surface area contributed by atoms with Crippen molar-refractivity contribution >= 4 is 23.2 Å². The van der Waals surface area contributed by atoms with E-state index in [0.29, 0.717) is 36.2 Å². The van der Waals surface area contributed by atoms with Crippen molar-refractivity contribution in [3.8, 4) is 22.1 Å². The first-order valence-electron chi connectivity index (χ1n) is 10.3. The van der Waals surface area contributed by atoms with Gasteiger partial charge in [-0.1, -0.05) is 6.07 Å². The lowest BCUT2D eigenvalue weighted by molar-refractivity contribution is 0.0652. The summed E-state index contributed by atoms with van der Waals surface area (Å²) in [6, 6.07) is 10.7. The predicted octanol–water partition coefficient (Wildman–Crippen LogP) is 2.31. The molecule has 0 radical (unpaired) electrons. The van der Waals surface area contributed by atoms with Crippen molar-refractivity contribution in [2.45, 2.75) is 24.3 Å². The summed E-state index contributed by atoms with van der Waals surface area (Å²) in [6.45, 7) is 0.987. The van der Waals surface area contributed by atoms with Crippen molar-refractivity contribution < 1.29 is 23.7 Å². The van der Waals surface area contributed by atoms with Gasteiger partial charge in [-0.25, -0.2) is 9.97 Å². The maximum absolute atomic E-state index is 12.8. The van der Waals surface area contributed by atoms with E-state index in [-0.39, 0.29) is 37.0 Å². The second-order valence-electron chi connectivity index (χ2n) is 7.74. The third-order valence-electron chi connectivity index (χ3n) is 5.75. The number of hydrogen-bond donors (Lipinski definition) is 2. The topological polar surface area (TPSA) is 104 Å². The van der Waals surface area contributed by atoms with Crippen molar-refractivity contribution in [2.75, 3.05) is 25.3 Å². The van der Waals surface area contributed by atoms with Crippen LogP contribution < -0.4 is 20.1 Å². The number of nitrogens with zero attached hydrogens (tertiary/aromatic N) is 2. The van der Waals surface area contributed by atoms with Crippen LogP contribution in [0.15, 0.2) is 48.0 Å². The van der Waals surface area contributed by atoms with Gasteiger partial charge in [0.15, 0.2) is 11.5 Å². The molecule has 5 heterocycles. The van der Waals surface area contributed by atoms with Crippen LogP contribution >= 0.6 is 11.3 Å². The number of nitrogens with one attached hydrogen (secondary N) is 2. The van der Waals surface area contributed by atoms with Crippen molar-refractivity contribution in [1.82, 2.24) is 15.3 Å². The van der Waals surface area contributed by atoms with Crippen LogP contribution in [0.25, 0.3) is 10.6 Å². The van der Waals surface area contributed by atoms with Crippen LogP contribution in [0, 0.1) is 0 Å². The fourth-order valence-electron chi connectivity index (χ4n) is 4.19. The van der Waals surface area contributed by atoms with Crippen LogP contribution in [0.1, 0.15) is 10.4 Å². The highest BCUT2D eigenvalue weighted by atomic mass is 32.1. The van der Waals surface area contributed by atoms with E-state index in [1.54, 1.807) is 35.7 Å². The lowest BCUT2D eigenvalue weighted by Crippen LogP contribution is -2.44. The maximum Gasteiger partial charge on any atom is 0.251 e. The summed E-state index contributed by atoms with van der Waals surface area (Å²) >= 11 is 1.63. The van der Waals surface area contributed by atoms with E-state index in [1.807, 2.05) is 23.6 Å². The molecule has 1 aromatic carbocycles. The number of thiophene rings is 1. The second-order valence-corrected chi connectivity index (χ2v) is 8.69. The molecule has 2 aromatic heterocycles. The zero-order chi connectivity index (χ0) is 21.5. The number of carbonyl (C=O) groups excluding carboxylic acids is 1. The Morgan fingerprint density at radius 1 is 1.03 bits per heavy atom. The van der Waals surface area contributed by atoms with Gasteiger partial charge in [0.25, 0.3) is 5.91 Å². The first-order valence-corrected chi connectivity index (χ1v) is 11.2. The number of rotatable bonds is 5. The molecule has 10 heteroatoms. The molecular weight excluding hydrogens is 432 g/mol. The molecule has 0 spiro atoms. The van der Waals surface area contributed by atoms with Gasteiger partial charge >= 0.3 is 0 Å². The average molecular weight is 452 g/mol. The molecule has 9 nitrogen and oxygen atoms in total. The van der Waals surface area contributed by atoms with Gasteiger partial charge < -0.3 is 29.6 Å². The molecule has 1 amide bonds. The summed E-state index contributed by atoms with van der Waals surface area (Å²) in [4.78, 5) is 22.8. The van der Waals surface area contributed by atoms with Gasteiger partial charge in [-0.3, -0.25) is 4.79 Å². The summed E-state index contributed by atoms with van der Waals surface area (Å²) in [6.07, 6.45) is 1.29. The molecule has 2 fully saturated rings. The maximum atomic E-state index is 12.8. The molecule has 164 valence electrons. The summed E-state index contributed by atoms with van der Waals surface area (Å²) in [5.41, 5.74) is 1.37. The van der Waals surface area contributed by atoms with Crippen LogP contribution in [-0.4, -0.2) is 60.2 Å². The summed E-state index contributed by atoms with van der Waals surface area (Å²) < 4.78 is 22.6. The molecule has 2 N–H and O–H groups in total. The molecule has 3 aliphatic rings. The molecule has 0 saturated carbocycles. The first kappa shape index (κ1) is 19.5. The van der Waals surface area contributed by atoms with Gasteiger partial charge in [0.2, 0.25) is 12.7 Å². The van der Waals surface area contributed by atoms with E-state index < -0.39 is 0 Å². The molecule has 2 saturated heterocycles. The van der Waals surface area contributed by atoms with Crippen LogP contribution in [0.2, 0.25) is 0 Å². The third kappa shape index (κ3) is 3.56. The number of ether oxygens (including phenoxy) is 4. The second kappa shape index (κ2) is 8.05. The number of hydrogen-bond acceptors (Lipinski definition) is 9. The van der Waals surface area contributed by atoms with Crippen LogP contribution in [-0.2, 0) is 9.47 Å². The Hall–Kier alpha value is -3.21. The van der Waals surface area contributed by atoms with Gasteiger partial charge in [0.05, 0.1) is 35.9 Å². The quantitative estimate of drug-likeness (QED) is 0.608. The zero-order valence-electron chi connectivity index (χ0n) is 16.9. The predicted molar refractivity (Wildman–Crippen MR) is 116 cm³/mol. The van der Waals surface area contributed by atoms with Crippen molar-refractivity contribution in [3.63, 3.8) is 0 Å². The highest BCUT2D eigenvalue weighted by Crippen LogP contribution is 2.33. The van der Waals surface area contributed by atoms with Gasteiger partial charge in [0.1, 0.15) is 12.2 Å². The minimum Gasteiger partial charge on any atom is -0.454 e. The van der Waals surface area contributed by atoms with Crippen molar-refractivity contribution in [1.29, 1.82) is 0 Å². The third-order valence-corrected chi connectivity index (χ3v) is 6.64. The van der Waals surface area contributed by atoms with E-state index >= 15 is 0 Å². The standard InChI is InChI=1S/C22H20N4O5S/c27-21(12-3-4-16-17(8-12)31-11-30-16)24-14-9-28-20-15(10-29-19(14)20)26-22-23-6-5-13(25-22)18-2-1-7-32-18/h1-8,14-15,19-20H,9-11H2,(H,24,27)(H,23,25,26)/t14-,15-,19+,20+/m0/s1. The lowest BCUT2D eigenvalue weighted by Gasteiger charge is -2.18. The summed E-state index contributed by atoms with van der Waals surface area (Å²) in [7, 11) is 0. The van der Waals surface area contributed by atoms with Gasteiger partial charge in [-0.05, 0) is 35.7 Å². The number of benzene rings is 1. The normalized spacial score (nSPS) is 25.5. The summed E-state index contributed by atoms with van der Waals surface area (Å²) in [5.74, 6) is 1.54. The Kier molecular flexibility index (Phi) is 4.90. The average Bonchev–Trinajstić information content (AvgIpc) is 3.60. The molecule has 3 aliphatic heterocycles. The Labute approximate surface area is 187 Å². The molecule has 6 rings (SSSR count). The Morgan fingerprint density at radius 2 is 1.88 bits per heavy atom. The molecule has 3 aromatic rings. The first-order chi connectivity index (χ1) is 15.7. The minimum atomic E-state index is -0.247. The monoisotopic (exact) mass is 452 g/mol. The zero-order valence-corrected chi connectivity index (χ0v) is 17.7. The number of fused-ring (bicyclic) bond motifs is 2. The van der Waals surface area contributed by atoms with E-state index in [2.05, 4.69) is 20.6 Å². The molecule has 32 heavy (non-hydrogen) atoms. The Bertz CT molecular complexity index is 1140. The lowest BCUT2D eigenvalue weighted by atomic mass is 10.1. The fraction of sp³-hybridized carbons (Fsp3) is 0.318. The van der Waals surface area contributed by atoms with E-state index in [0.717, 1.165) is 10.6 Å². The van der Waals surface area contributed by atoms with E-state index in [1.165, 1.54) is 0 Å². The van der Waals surface area contributed by atoms with Crippen LogP contribution in [0.5, 0.6) is 11.5 Å². The molecule has 0 aliphatic carbocycles. The molecule has 0 unspecified atom stereocenters. The van der Waals surface area contributed by atoms with Gasteiger partial charge in [-0.2, -0.15) is 0 Å². The smallest absolute Gasteiger partial charge is 0.251 e. The highest BCUT2D eigenvalue weighted by molar-refractivity contribution is 7.13. The molecule has 4 atom stereocenters. The van der Waals surface area contributed by atoms with Crippen molar-refractivity contribution in [3.05, 3.63) is 53.5 Å². The molecule has 0 bridgehead atoms. The van der Waals surface area contributed by atoms with E-state index in [4.69, 9.17) is 18.9 Å². The van der Waals surface area contributed by atoms with Crippen LogP contribution in [0.3, 0.4) is 0 Å². The summed E-state index contributed by atoms with van der Waals surface area (Å²) in [5, 5.41) is 8.38. The Balaban J connectivity index is 1.11. The van der Waals surface area contributed by atoms with Gasteiger partial charge in [-0.15, -0.1) is 11.3 Å². The molecular formula is C22H20N4O5S. The largest absolute Gasteiger partial charge is 0.454 e. The number of carbonyl (C=O) groups is 1. The van der Waals surface area contributed by atoms with Crippen molar-refractivity contribution in [2.24, 2.45) is 0 Å². The fourth-order valence-corrected chi connectivity index (χ4v) is 4.89. The van der Waals surface area contributed by atoms with Gasteiger partial charge in [0, 0.05) is 11.8 Å². The number of aromatic nitrogens is 2. The minimum absolute atomic E-state index is 0.106. The number of amides is 1. The van der Waals surface area contributed by atoms with Crippen LogP contribution in [0.4, 0.5) is 5.95 Å². The number of anilines is 1.